The van der Waals surface area contributed by atoms with Gasteiger partial charge >= 0.3 is 0 Å². The van der Waals surface area contributed by atoms with Crippen molar-refractivity contribution >= 4 is 0 Å². The lowest BCUT2D eigenvalue weighted by Crippen LogP contribution is -2.31. The van der Waals surface area contributed by atoms with Gasteiger partial charge in [-0.15, -0.1) is 6.58 Å². The number of benzene rings is 1. The van der Waals surface area contributed by atoms with Crippen LogP contribution in [0.15, 0.2) is 55.3 Å². The molecule has 0 aliphatic carbocycles. The summed E-state index contributed by atoms with van der Waals surface area (Å²) in [5, 5.41) is 0. The topological polar surface area (TPSA) is 31.4 Å². The van der Waals surface area contributed by atoms with Crippen LogP contribution in [0.5, 0.6) is 0 Å². The van der Waals surface area contributed by atoms with Gasteiger partial charge in [0.05, 0.1) is 18.9 Å². The summed E-state index contributed by atoms with van der Waals surface area (Å²) in [5.74, 6) is 6.20. The Bertz CT molecular complexity index is 767. The molecule has 26 heavy (non-hydrogen) atoms. The average molecular weight is 351 g/mol. The molecule has 3 rings (SSSR count). The van der Waals surface area contributed by atoms with E-state index in [0.717, 1.165) is 36.1 Å². The number of halogens is 1. The molecule has 0 spiro atoms. The minimum atomic E-state index is -0.484. The SMILES string of the molecule is C=CCCCC1COC(C#Cc2ccc(-c3ccc(F)cc3)nc2)OC1. The zero-order chi connectivity index (χ0) is 18.2. The van der Waals surface area contributed by atoms with Crippen LogP contribution in [0.2, 0.25) is 0 Å². The molecule has 4 heteroatoms. The van der Waals surface area contributed by atoms with Gasteiger partial charge < -0.3 is 9.47 Å². The van der Waals surface area contributed by atoms with E-state index < -0.39 is 6.29 Å². The van der Waals surface area contributed by atoms with E-state index in [-0.39, 0.29) is 5.82 Å². The third-order valence-corrected chi connectivity index (χ3v) is 4.23. The second-order valence-electron chi connectivity index (χ2n) is 6.29. The number of rotatable bonds is 5. The van der Waals surface area contributed by atoms with E-state index in [1.807, 2.05) is 18.2 Å². The van der Waals surface area contributed by atoms with Crippen LogP contribution in [0, 0.1) is 23.6 Å². The standard InChI is InChI=1S/C22H22FNO2/c1-2-3-4-5-18-15-25-22(26-16-18)13-7-17-6-12-21(24-14-17)19-8-10-20(23)11-9-19/h2,6,8-12,14,18,22H,1,3-5,15-16H2. The van der Waals surface area contributed by atoms with Crippen molar-refractivity contribution in [2.24, 2.45) is 5.92 Å². The van der Waals surface area contributed by atoms with Gasteiger partial charge in [-0.1, -0.05) is 12.0 Å². The van der Waals surface area contributed by atoms with E-state index in [4.69, 9.17) is 9.47 Å². The van der Waals surface area contributed by atoms with Gasteiger partial charge in [0.15, 0.2) is 0 Å². The number of allylic oxidation sites excluding steroid dienone is 1. The summed E-state index contributed by atoms with van der Waals surface area (Å²) >= 11 is 0. The van der Waals surface area contributed by atoms with Gasteiger partial charge in [0.1, 0.15) is 5.82 Å². The van der Waals surface area contributed by atoms with E-state index in [1.54, 1.807) is 18.3 Å². The first kappa shape index (κ1) is 18.3. The Morgan fingerprint density at radius 3 is 2.58 bits per heavy atom. The quantitative estimate of drug-likeness (QED) is 0.449. The summed E-state index contributed by atoms with van der Waals surface area (Å²) in [7, 11) is 0. The molecule has 1 aliphatic rings. The Kier molecular flexibility index (Phi) is 6.54. The Morgan fingerprint density at radius 2 is 1.92 bits per heavy atom. The maximum absolute atomic E-state index is 13.0. The molecule has 1 aliphatic heterocycles. The molecule has 134 valence electrons. The fourth-order valence-electron chi connectivity index (χ4n) is 2.75. The molecule has 0 unspecified atom stereocenters. The first-order chi connectivity index (χ1) is 12.7. The van der Waals surface area contributed by atoms with Crippen LogP contribution in [0.1, 0.15) is 24.8 Å². The van der Waals surface area contributed by atoms with E-state index >= 15 is 0 Å². The van der Waals surface area contributed by atoms with Crippen LogP contribution in [-0.4, -0.2) is 24.5 Å². The highest BCUT2D eigenvalue weighted by Gasteiger charge is 2.20. The molecule has 2 heterocycles. The molecule has 1 saturated heterocycles. The van der Waals surface area contributed by atoms with Crippen LogP contribution < -0.4 is 0 Å². The average Bonchev–Trinajstić information content (AvgIpc) is 2.69. The van der Waals surface area contributed by atoms with Crippen molar-refractivity contribution in [3.05, 3.63) is 66.6 Å². The Morgan fingerprint density at radius 1 is 1.15 bits per heavy atom. The first-order valence-corrected chi connectivity index (χ1v) is 8.82. The number of pyridine rings is 1. The summed E-state index contributed by atoms with van der Waals surface area (Å²) in [6, 6.07) is 10.0. The van der Waals surface area contributed by atoms with Gasteiger partial charge in [-0.2, -0.15) is 0 Å². The molecular weight excluding hydrogens is 329 g/mol. The lowest BCUT2D eigenvalue weighted by Gasteiger charge is -2.26. The smallest absolute Gasteiger partial charge is 0.222 e. The van der Waals surface area contributed by atoms with E-state index in [0.29, 0.717) is 19.1 Å². The summed E-state index contributed by atoms with van der Waals surface area (Å²) < 4.78 is 24.3. The molecule has 1 aromatic heterocycles. The van der Waals surface area contributed by atoms with Gasteiger partial charge in [0, 0.05) is 23.2 Å². The van der Waals surface area contributed by atoms with Crippen LogP contribution in [0.3, 0.4) is 0 Å². The molecule has 0 N–H and O–H groups in total. The fourth-order valence-corrected chi connectivity index (χ4v) is 2.75. The number of ether oxygens (including phenoxy) is 2. The van der Waals surface area contributed by atoms with Crippen LogP contribution >= 0.6 is 0 Å². The summed E-state index contributed by atoms with van der Waals surface area (Å²) in [6.45, 7) is 5.09. The minimum Gasteiger partial charge on any atom is -0.342 e. The van der Waals surface area contributed by atoms with Crippen LogP contribution in [0.25, 0.3) is 11.3 Å². The zero-order valence-electron chi connectivity index (χ0n) is 14.7. The number of nitrogens with zero attached hydrogens (tertiary/aromatic N) is 1. The number of hydrogen-bond donors (Lipinski definition) is 0. The van der Waals surface area contributed by atoms with Gasteiger partial charge in [-0.3, -0.25) is 4.98 Å². The van der Waals surface area contributed by atoms with Crippen molar-refractivity contribution in [3.8, 4) is 23.1 Å². The van der Waals surface area contributed by atoms with Crippen LogP contribution in [-0.2, 0) is 9.47 Å². The van der Waals surface area contributed by atoms with Crippen molar-refractivity contribution in [1.29, 1.82) is 0 Å². The predicted octanol–water partition coefficient (Wildman–Crippen LogP) is 4.58. The van der Waals surface area contributed by atoms with Crippen LogP contribution in [0.4, 0.5) is 4.39 Å². The normalized spacial score (nSPS) is 19.4. The monoisotopic (exact) mass is 351 g/mol. The molecule has 2 aromatic rings. The summed E-state index contributed by atoms with van der Waals surface area (Å²) in [6.07, 6.45) is 6.38. The molecule has 0 saturated carbocycles. The number of aromatic nitrogens is 1. The molecule has 0 bridgehead atoms. The van der Waals surface area contributed by atoms with E-state index in [2.05, 4.69) is 23.4 Å². The molecule has 3 nitrogen and oxygen atoms in total. The van der Waals surface area contributed by atoms with Crippen molar-refractivity contribution in [1.82, 2.24) is 4.98 Å². The number of unbranched alkanes of at least 4 members (excludes halogenated alkanes) is 1. The summed E-state index contributed by atoms with van der Waals surface area (Å²) in [4.78, 5) is 4.38. The predicted molar refractivity (Wildman–Crippen MR) is 99.7 cm³/mol. The highest BCUT2D eigenvalue weighted by atomic mass is 19.1. The van der Waals surface area contributed by atoms with Crippen molar-refractivity contribution in [2.45, 2.75) is 25.6 Å². The second-order valence-corrected chi connectivity index (χ2v) is 6.29. The Hall–Kier alpha value is -2.48. The van der Waals surface area contributed by atoms with Gasteiger partial charge in [-0.25, -0.2) is 4.39 Å². The summed E-state index contributed by atoms with van der Waals surface area (Å²) in [5.41, 5.74) is 2.44. The maximum atomic E-state index is 13.0. The lowest BCUT2D eigenvalue weighted by atomic mass is 10.0. The van der Waals surface area contributed by atoms with E-state index in [9.17, 15) is 4.39 Å². The van der Waals surface area contributed by atoms with Crippen molar-refractivity contribution in [2.75, 3.05) is 13.2 Å². The fraction of sp³-hybridized carbons (Fsp3) is 0.318. The Balaban J connectivity index is 1.52. The molecule has 0 atom stereocenters. The van der Waals surface area contributed by atoms with Crippen molar-refractivity contribution in [3.63, 3.8) is 0 Å². The highest BCUT2D eigenvalue weighted by Crippen LogP contribution is 2.18. The molecule has 1 fully saturated rings. The number of hydrogen-bond acceptors (Lipinski definition) is 3. The Labute approximate surface area is 153 Å². The minimum absolute atomic E-state index is 0.258. The van der Waals surface area contributed by atoms with Gasteiger partial charge in [0.25, 0.3) is 0 Å². The highest BCUT2D eigenvalue weighted by molar-refractivity contribution is 5.59. The molecular formula is C22H22FNO2. The first-order valence-electron chi connectivity index (χ1n) is 8.82. The molecule has 0 amide bonds. The molecule has 0 radical (unpaired) electrons. The maximum Gasteiger partial charge on any atom is 0.222 e. The third kappa shape index (κ3) is 5.26. The largest absolute Gasteiger partial charge is 0.342 e. The van der Waals surface area contributed by atoms with E-state index in [1.165, 1.54) is 12.1 Å². The molecule has 1 aromatic carbocycles. The van der Waals surface area contributed by atoms with Gasteiger partial charge in [0.2, 0.25) is 6.29 Å². The van der Waals surface area contributed by atoms with Gasteiger partial charge in [-0.05, 0) is 61.6 Å². The zero-order valence-corrected chi connectivity index (χ0v) is 14.7. The van der Waals surface area contributed by atoms with Crippen molar-refractivity contribution < 1.29 is 13.9 Å². The lowest BCUT2D eigenvalue weighted by molar-refractivity contribution is -0.170. The second kappa shape index (κ2) is 9.28. The third-order valence-electron chi connectivity index (χ3n) is 4.23.